The molecule has 1 aromatic heterocycles. The Morgan fingerprint density at radius 3 is 2.48 bits per heavy atom. The summed E-state index contributed by atoms with van der Waals surface area (Å²) in [7, 11) is 2.05. The quantitative estimate of drug-likeness (QED) is 0.941. The van der Waals surface area contributed by atoms with Crippen LogP contribution in [0.5, 0.6) is 0 Å². The minimum Gasteiger partial charge on any atom is -0.355 e. The highest BCUT2D eigenvalue weighted by molar-refractivity contribution is 5.93. The zero-order valence-electron chi connectivity index (χ0n) is 13.1. The first-order chi connectivity index (χ1) is 10.2. The van der Waals surface area contributed by atoms with Crippen LogP contribution in [0.2, 0.25) is 0 Å². The summed E-state index contributed by atoms with van der Waals surface area (Å²) >= 11 is 0. The molecule has 3 rings (SSSR count). The predicted molar refractivity (Wildman–Crippen MR) is 87.7 cm³/mol. The predicted octanol–water partition coefficient (Wildman–Crippen LogP) is 2.76. The van der Waals surface area contributed by atoms with Gasteiger partial charge in [0.05, 0.1) is 5.69 Å². The fourth-order valence-corrected chi connectivity index (χ4v) is 3.30. The molecule has 0 radical (unpaired) electrons. The highest BCUT2D eigenvalue weighted by atomic mass is 15.3. The maximum absolute atomic E-state index is 4.48. The van der Waals surface area contributed by atoms with Crippen molar-refractivity contribution in [3.63, 3.8) is 0 Å². The molecule has 1 aliphatic rings. The third-order valence-corrected chi connectivity index (χ3v) is 4.85. The third-order valence-electron chi connectivity index (χ3n) is 4.85. The number of aromatic nitrogens is 2. The summed E-state index contributed by atoms with van der Waals surface area (Å²) in [5, 5.41) is 14.7. The SMILES string of the molecule is CNC(C)C1CCN(c2nnc(C)c3ccccc23)CC1. The van der Waals surface area contributed by atoms with E-state index in [0.717, 1.165) is 30.5 Å². The lowest BCUT2D eigenvalue weighted by Gasteiger charge is -2.35. The van der Waals surface area contributed by atoms with Crippen LogP contribution in [0.4, 0.5) is 5.82 Å². The van der Waals surface area contributed by atoms with Crippen LogP contribution < -0.4 is 10.2 Å². The Balaban J connectivity index is 1.85. The van der Waals surface area contributed by atoms with Gasteiger partial charge >= 0.3 is 0 Å². The van der Waals surface area contributed by atoms with Crippen molar-refractivity contribution in [3.8, 4) is 0 Å². The molecule has 1 atom stereocenters. The molecule has 4 nitrogen and oxygen atoms in total. The van der Waals surface area contributed by atoms with Gasteiger partial charge in [0.15, 0.2) is 5.82 Å². The van der Waals surface area contributed by atoms with Crippen LogP contribution in [-0.4, -0.2) is 36.4 Å². The van der Waals surface area contributed by atoms with E-state index in [9.17, 15) is 0 Å². The van der Waals surface area contributed by atoms with E-state index in [2.05, 4.69) is 58.7 Å². The topological polar surface area (TPSA) is 41.0 Å². The lowest BCUT2D eigenvalue weighted by atomic mass is 9.90. The molecule has 1 fully saturated rings. The number of anilines is 1. The van der Waals surface area contributed by atoms with Crippen molar-refractivity contribution < 1.29 is 0 Å². The lowest BCUT2D eigenvalue weighted by molar-refractivity contribution is 0.323. The second kappa shape index (κ2) is 5.98. The van der Waals surface area contributed by atoms with Gasteiger partial charge in [-0.3, -0.25) is 0 Å². The zero-order valence-corrected chi connectivity index (χ0v) is 13.1. The van der Waals surface area contributed by atoms with Crippen molar-refractivity contribution >= 4 is 16.6 Å². The van der Waals surface area contributed by atoms with E-state index in [1.807, 2.05) is 6.92 Å². The molecule has 112 valence electrons. The summed E-state index contributed by atoms with van der Waals surface area (Å²) in [6, 6.07) is 9.05. The molecule has 1 saturated heterocycles. The molecule has 2 aromatic rings. The highest BCUT2D eigenvalue weighted by Crippen LogP contribution is 2.29. The lowest BCUT2D eigenvalue weighted by Crippen LogP contribution is -2.41. The van der Waals surface area contributed by atoms with Crippen molar-refractivity contribution in [2.24, 2.45) is 5.92 Å². The van der Waals surface area contributed by atoms with Crippen LogP contribution in [0.25, 0.3) is 10.8 Å². The average molecular weight is 284 g/mol. The van der Waals surface area contributed by atoms with E-state index in [4.69, 9.17) is 0 Å². The number of piperidine rings is 1. The van der Waals surface area contributed by atoms with Crippen molar-refractivity contribution in [1.82, 2.24) is 15.5 Å². The summed E-state index contributed by atoms with van der Waals surface area (Å²) in [5.74, 6) is 1.81. The molecule has 0 amide bonds. The van der Waals surface area contributed by atoms with Crippen LogP contribution in [0.15, 0.2) is 24.3 Å². The zero-order chi connectivity index (χ0) is 14.8. The summed E-state index contributed by atoms with van der Waals surface area (Å²) in [6.07, 6.45) is 2.43. The maximum atomic E-state index is 4.48. The van der Waals surface area contributed by atoms with Crippen LogP contribution >= 0.6 is 0 Å². The molecule has 1 unspecified atom stereocenters. The average Bonchev–Trinajstić information content (AvgIpc) is 2.55. The molecule has 2 heterocycles. The summed E-state index contributed by atoms with van der Waals surface area (Å²) in [5.41, 5.74) is 1.01. The Labute approximate surface area is 126 Å². The number of rotatable bonds is 3. The molecule has 1 aromatic carbocycles. The van der Waals surface area contributed by atoms with Crippen LogP contribution in [0.3, 0.4) is 0 Å². The third kappa shape index (κ3) is 2.72. The van der Waals surface area contributed by atoms with Gasteiger partial charge in [0.2, 0.25) is 0 Å². The van der Waals surface area contributed by atoms with Gasteiger partial charge in [-0.15, -0.1) is 5.10 Å². The molecule has 0 aliphatic carbocycles. The molecule has 1 N–H and O–H groups in total. The molecule has 1 aliphatic heterocycles. The van der Waals surface area contributed by atoms with E-state index >= 15 is 0 Å². The van der Waals surface area contributed by atoms with Crippen LogP contribution in [-0.2, 0) is 0 Å². The fourth-order valence-electron chi connectivity index (χ4n) is 3.30. The Hall–Kier alpha value is -1.68. The molecular weight excluding hydrogens is 260 g/mol. The first-order valence-corrected chi connectivity index (χ1v) is 7.85. The van der Waals surface area contributed by atoms with Gasteiger partial charge in [-0.25, -0.2) is 0 Å². The molecule has 0 bridgehead atoms. The normalized spacial score (nSPS) is 18.1. The van der Waals surface area contributed by atoms with Gasteiger partial charge in [-0.2, -0.15) is 5.10 Å². The Bertz CT molecular complexity index is 617. The number of nitrogens with one attached hydrogen (secondary N) is 1. The van der Waals surface area contributed by atoms with E-state index in [-0.39, 0.29) is 0 Å². The van der Waals surface area contributed by atoms with Crippen molar-refractivity contribution in [1.29, 1.82) is 0 Å². The van der Waals surface area contributed by atoms with Crippen molar-refractivity contribution in [2.75, 3.05) is 25.0 Å². The number of hydrogen-bond acceptors (Lipinski definition) is 4. The van der Waals surface area contributed by atoms with E-state index < -0.39 is 0 Å². The molecule has 0 spiro atoms. The Morgan fingerprint density at radius 1 is 1.14 bits per heavy atom. The van der Waals surface area contributed by atoms with Crippen molar-refractivity contribution in [3.05, 3.63) is 30.0 Å². The molecule has 4 heteroatoms. The molecule has 0 saturated carbocycles. The summed E-state index contributed by atoms with van der Waals surface area (Å²) in [4.78, 5) is 2.40. The number of aryl methyl sites for hydroxylation is 1. The second-order valence-corrected chi connectivity index (χ2v) is 6.06. The van der Waals surface area contributed by atoms with E-state index in [1.54, 1.807) is 0 Å². The summed E-state index contributed by atoms with van der Waals surface area (Å²) in [6.45, 7) is 6.44. The highest BCUT2D eigenvalue weighted by Gasteiger charge is 2.24. The Morgan fingerprint density at radius 2 is 1.81 bits per heavy atom. The van der Waals surface area contributed by atoms with Gasteiger partial charge in [-0.1, -0.05) is 24.3 Å². The maximum Gasteiger partial charge on any atom is 0.159 e. The fraction of sp³-hybridized carbons (Fsp3) is 0.529. The number of benzene rings is 1. The first kappa shape index (κ1) is 14.3. The minimum absolute atomic E-state index is 0.591. The van der Waals surface area contributed by atoms with Gasteiger partial charge in [-0.05, 0) is 39.7 Å². The van der Waals surface area contributed by atoms with Gasteiger partial charge in [0.1, 0.15) is 0 Å². The van der Waals surface area contributed by atoms with Crippen LogP contribution in [0.1, 0.15) is 25.5 Å². The van der Waals surface area contributed by atoms with Crippen molar-refractivity contribution in [2.45, 2.75) is 32.7 Å². The number of fused-ring (bicyclic) bond motifs is 1. The van der Waals surface area contributed by atoms with E-state index in [1.165, 1.54) is 23.6 Å². The van der Waals surface area contributed by atoms with Gasteiger partial charge in [0, 0.05) is 29.9 Å². The largest absolute Gasteiger partial charge is 0.355 e. The number of hydrogen-bond donors (Lipinski definition) is 1. The van der Waals surface area contributed by atoms with Gasteiger partial charge in [0.25, 0.3) is 0 Å². The first-order valence-electron chi connectivity index (χ1n) is 7.85. The standard InChI is InChI=1S/C17H24N4/c1-12(18-3)14-8-10-21(11-9-14)17-16-7-5-4-6-15(16)13(2)19-20-17/h4-7,12,14,18H,8-11H2,1-3H3. The smallest absolute Gasteiger partial charge is 0.159 e. The minimum atomic E-state index is 0.591. The van der Waals surface area contributed by atoms with Gasteiger partial charge < -0.3 is 10.2 Å². The monoisotopic (exact) mass is 284 g/mol. The number of nitrogens with zero attached hydrogens (tertiary/aromatic N) is 3. The van der Waals surface area contributed by atoms with Crippen LogP contribution in [0, 0.1) is 12.8 Å². The molecular formula is C17H24N4. The summed E-state index contributed by atoms with van der Waals surface area (Å²) < 4.78 is 0. The van der Waals surface area contributed by atoms with E-state index in [0.29, 0.717) is 6.04 Å². The molecule has 21 heavy (non-hydrogen) atoms. The second-order valence-electron chi connectivity index (χ2n) is 6.06. The Kier molecular flexibility index (Phi) is 4.06.